The van der Waals surface area contributed by atoms with E-state index in [-0.39, 0.29) is 0 Å². The minimum absolute atomic E-state index is 0.626. The number of nitrogen functional groups attached to an aromatic ring is 1. The molecule has 1 saturated heterocycles. The molecule has 1 aliphatic heterocycles. The summed E-state index contributed by atoms with van der Waals surface area (Å²) in [6, 6.07) is 0. The van der Waals surface area contributed by atoms with Gasteiger partial charge in [-0.3, -0.25) is 0 Å². The maximum absolute atomic E-state index is 5.94. The van der Waals surface area contributed by atoms with Crippen LogP contribution in [0.2, 0.25) is 0 Å². The van der Waals surface area contributed by atoms with Gasteiger partial charge in [0.1, 0.15) is 5.00 Å². The predicted octanol–water partition coefficient (Wildman–Crippen LogP) is 2.51. The van der Waals surface area contributed by atoms with Gasteiger partial charge in [-0.05, 0) is 18.6 Å². The predicted molar refractivity (Wildman–Crippen MR) is 60.6 cm³/mol. The molecule has 13 heavy (non-hydrogen) atoms. The monoisotopic (exact) mass is 214 g/mol. The Hall–Kier alpha value is -0.220. The summed E-state index contributed by atoms with van der Waals surface area (Å²) in [5.41, 5.74) is 7.12. The smallest absolute Gasteiger partial charge is 0.110 e. The Bertz CT molecular complexity index is 290. The minimum Gasteiger partial charge on any atom is -0.389 e. The lowest BCUT2D eigenvalue weighted by atomic mass is 10.1. The molecule has 72 valence electrons. The third kappa shape index (κ3) is 1.83. The van der Waals surface area contributed by atoms with Gasteiger partial charge < -0.3 is 5.73 Å². The standard InChI is InChI=1S/C9H14N2S2/c1-2-7-11-8(9(10)13-7)6-3-4-12-5-6/h6H,2-5,10H2,1H3. The molecule has 1 atom stereocenters. The average molecular weight is 214 g/mol. The van der Waals surface area contributed by atoms with Gasteiger partial charge in [0.25, 0.3) is 0 Å². The number of thioether (sulfide) groups is 1. The quantitative estimate of drug-likeness (QED) is 0.822. The molecule has 1 aromatic rings. The molecular weight excluding hydrogens is 200 g/mol. The zero-order chi connectivity index (χ0) is 9.26. The van der Waals surface area contributed by atoms with Crippen molar-refractivity contribution in [2.24, 2.45) is 0 Å². The summed E-state index contributed by atoms with van der Waals surface area (Å²) in [5, 5.41) is 2.13. The molecule has 0 radical (unpaired) electrons. The number of nitrogens with two attached hydrogens (primary N) is 1. The Labute approximate surface area is 86.9 Å². The second-order valence-corrected chi connectivity index (χ2v) is 5.54. The lowest BCUT2D eigenvalue weighted by Crippen LogP contribution is -2.00. The van der Waals surface area contributed by atoms with Gasteiger partial charge in [0, 0.05) is 11.7 Å². The molecule has 1 aliphatic rings. The summed E-state index contributed by atoms with van der Waals surface area (Å²) >= 11 is 3.67. The molecule has 0 spiro atoms. The first kappa shape index (κ1) is 9.34. The van der Waals surface area contributed by atoms with E-state index in [1.807, 2.05) is 11.8 Å². The fourth-order valence-corrected chi connectivity index (χ4v) is 3.67. The van der Waals surface area contributed by atoms with Crippen molar-refractivity contribution in [1.29, 1.82) is 0 Å². The largest absolute Gasteiger partial charge is 0.389 e. The maximum Gasteiger partial charge on any atom is 0.110 e. The SMILES string of the molecule is CCc1nc(C2CCSC2)c(N)s1. The van der Waals surface area contributed by atoms with Crippen molar-refractivity contribution < 1.29 is 0 Å². The van der Waals surface area contributed by atoms with Crippen molar-refractivity contribution in [3.8, 4) is 0 Å². The third-order valence-corrected chi connectivity index (χ3v) is 4.55. The minimum atomic E-state index is 0.626. The Morgan fingerprint density at radius 1 is 1.62 bits per heavy atom. The van der Waals surface area contributed by atoms with E-state index in [1.165, 1.54) is 28.6 Å². The van der Waals surface area contributed by atoms with E-state index in [1.54, 1.807) is 11.3 Å². The van der Waals surface area contributed by atoms with Crippen molar-refractivity contribution in [3.63, 3.8) is 0 Å². The molecule has 4 heteroatoms. The lowest BCUT2D eigenvalue weighted by molar-refractivity contribution is 0.756. The second-order valence-electron chi connectivity index (χ2n) is 3.27. The van der Waals surface area contributed by atoms with Crippen molar-refractivity contribution >= 4 is 28.1 Å². The zero-order valence-electron chi connectivity index (χ0n) is 7.75. The molecule has 0 bridgehead atoms. The number of rotatable bonds is 2. The van der Waals surface area contributed by atoms with Gasteiger partial charge in [-0.2, -0.15) is 11.8 Å². The molecule has 1 unspecified atom stereocenters. The van der Waals surface area contributed by atoms with E-state index in [4.69, 9.17) is 5.73 Å². The van der Waals surface area contributed by atoms with Crippen LogP contribution in [0.25, 0.3) is 0 Å². The normalized spacial score (nSPS) is 22.4. The van der Waals surface area contributed by atoms with Crippen molar-refractivity contribution in [3.05, 3.63) is 10.7 Å². The summed E-state index contributed by atoms with van der Waals surface area (Å²) in [7, 11) is 0. The summed E-state index contributed by atoms with van der Waals surface area (Å²) < 4.78 is 0. The van der Waals surface area contributed by atoms with Crippen LogP contribution in [0.15, 0.2) is 0 Å². The Morgan fingerprint density at radius 2 is 2.46 bits per heavy atom. The van der Waals surface area contributed by atoms with Gasteiger partial charge in [0.05, 0.1) is 10.7 Å². The number of hydrogen-bond donors (Lipinski definition) is 1. The summed E-state index contributed by atoms with van der Waals surface area (Å²) in [6.45, 7) is 2.13. The molecule has 1 aromatic heterocycles. The van der Waals surface area contributed by atoms with Crippen LogP contribution < -0.4 is 5.73 Å². The van der Waals surface area contributed by atoms with E-state index in [9.17, 15) is 0 Å². The number of anilines is 1. The third-order valence-electron chi connectivity index (χ3n) is 2.34. The van der Waals surface area contributed by atoms with Gasteiger partial charge in [-0.15, -0.1) is 11.3 Å². The number of thiazole rings is 1. The lowest BCUT2D eigenvalue weighted by Gasteiger charge is -2.04. The summed E-state index contributed by atoms with van der Waals surface area (Å²) in [6.07, 6.45) is 2.26. The fraction of sp³-hybridized carbons (Fsp3) is 0.667. The van der Waals surface area contributed by atoms with Gasteiger partial charge in [0.15, 0.2) is 0 Å². The molecule has 2 heterocycles. The first-order chi connectivity index (χ1) is 6.31. The van der Waals surface area contributed by atoms with E-state index in [2.05, 4.69) is 11.9 Å². The first-order valence-electron chi connectivity index (χ1n) is 4.64. The van der Waals surface area contributed by atoms with Gasteiger partial charge in [0.2, 0.25) is 0 Å². The van der Waals surface area contributed by atoms with Crippen LogP contribution in [-0.2, 0) is 6.42 Å². The number of hydrogen-bond acceptors (Lipinski definition) is 4. The van der Waals surface area contributed by atoms with Gasteiger partial charge in [-0.1, -0.05) is 6.92 Å². The van der Waals surface area contributed by atoms with Crippen molar-refractivity contribution in [1.82, 2.24) is 4.98 Å². The Balaban J connectivity index is 2.22. The van der Waals surface area contributed by atoms with Gasteiger partial charge >= 0.3 is 0 Å². The molecule has 0 aromatic carbocycles. The van der Waals surface area contributed by atoms with Crippen LogP contribution in [0.5, 0.6) is 0 Å². The highest BCUT2D eigenvalue weighted by Gasteiger charge is 2.22. The average Bonchev–Trinajstić information content (AvgIpc) is 2.72. The molecule has 1 fully saturated rings. The van der Waals surface area contributed by atoms with Gasteiger partial charge in [-0.25, -0.2) is 4.98 Å². The zero-order valence-corrected chi connectivity index (χ0v) is 9.38. The first-order valence-corrected chi connectivity index (χ1v) is 6.61. The van der Waals surface area contributed by atoms with Crippen LogP contribution in [0.3, 0.4) is 0 Å². The van der Waals surface area contributed by atoms with Crippen LogP contribution in [0, 0.1) is 0 Å². The Kier molecular flexibility index (Phi) is 2.79. The highest BCUT2D eigenvalue weighted by atomic mass is 32.2. The number of nitrogens with zero attached hydrogens (tertiary/aromatic N) is 1. The van der Waals surface area contributed by atoms with Crippen LogP contribution in [-0.4, -0.2) is 16.5 Å². The van der Waals surface area contributed by atoms with E-state index < -0.39 is 0 Å². The number of aromatic nitrogens is 1. The number of aryl methyl sites for hydroxylation is 1. The van der Waals surface area contributed by atoms with Crippen LogP contribution in [0.4, 0.5) is 5.00 Å². The summed E-state index contributed by atoms with van der Waals surface area (Å²) in [4.78, 5) is 4.59. The molecule has 0 aliphatic carbocycles. The summed E-state index contributed by atoms with van der Waals surface area (Å²) in [5.74, 6) is 3.10. The van der Waals surface area contributed by atoms with E-state index in [0.29, 0.717) is 5.92 Å². The highest BCUT2D eigenvalue weighted by molar-refractivity contribution is 7.99. The molecular formula is C9H14N2S2. The topological polar surface area (TPSA) is 38.9 Å². The van der Waals surface area contributed by atoms with Crippen molar-refractivity contribution in [2.45, 2.75) is 25.7 Å². The van der Waals surface area contributed by atoms with E-state index >= 15 is 0 Å². The van der Waals surface area contributed by atoms with E-state index in [0.717, 1.165) is 11.4 Å². The Morgan fingerprint density at radius 3 is 3.00 bits per heavy atom. The highest BCUT2D eigenvalue weighted by Crippen LogP contribution is 2.36. The molecule has 2 rings (SSSR count). The molecule has 2 nitrogen and oxygen atoms in total. The van der Waals surface area contributed by atoms with Crippen molar-refractivity contribution in [2.75, 3.05) is 17.2 Å². The molecule has 0 amide bonds. The molecule has 0 saturated carbocycles. The maximum atomic E-state index is 5.94. The molecule has 2 N–H and O–H groups in total. The fourth-order valence-electron chi connectivity index (χ4n) is 1.59. The van der Waals surface area contributed by atoms with Crippen LogP contribution >= 0.6 is 23.1 Å². The van der Waals surface area contributed by atoms with Crippen LogP contribution in [0.1, 0.15) is 30.0 Å². The second kappa shape index (κ2) is 3.88.